The highest BCUT2D eigenvalue weighted by Crippen LogP contribution is 2.22. The van der Waals surface area contributed by atoms with Crippen LogP contribution >= 0.6 is 0 Å². The molecule has 160 valence electrons. The second-order valence-corrected chi connectivity index (χ2v) is 7.26. The Morgan fingerprint density at radius 1 is 0.935 bits per heavy atom. The van der Waals surface area contributed by atoms with Gasteiger partial charge in [0.1, 0.15) is 23.3 Å². The number of nitrogens with one attached hydrogen (secondary N) is 3. The molecule has 1 saturated heterocycles. The van der Waals surface area contributed by atoms with Crippen LogP contribution in [0, 0.1) is 13.8 Å². The molecule has 2 aromatic heterocycles. The van der Waals surface area contributed by atoms with E-state index in [0.717, 1.165) is 36.0 Å². The number of ether oxygens (including phenoxy) is 1. The van der Waals surface area contributed by atoms with Gasteiger partial charge in [-0.1, -0.05) is 6.07 Å². The van der Waals surface area contributed by atoms with Crippen molar-refractivity contribution in [1.29, 1.82) is 0 Å². The zero-order valence-electron chi connectivity index (χ0n) is 17.6. The fourth-order valence-corrected chi connectivity index (χ4v) is 3.18. The second kappa shape index (κ2) is 9.40. The van der Waals surface area contributed by atoms with E-state index in [4.69, 9.17) is 4.74 Å². The maximum absolute atomic E-state index is 12.2. The lowest BCUT2D eigenvalue weighted by Crippen LogP contribution is -2.36. The lowest BCUT2D eigenvalue weighted by atomic mass is 10.2. The summed E-state index contributed by atoms with van der Waals surface area (Å²) in [5, 5.41) is 8.81. The van der Waals surface area contributed by atoms with Crippen molar-refractivity contribution in [3.05, 3.63) is 60.0 Å². The molecule has 3 aromatic rings. The maximum atomic E-state index is 12.2. The normalized spacial score (nSPS) is 13.5. The minimum absolute atomic E-state index is 0.348. The van der Waals surface area contributed by atoms with E-state index >= 15 is 0 Å². The molecule has 3 heterocycles. The highest BCUT2D eigenvalue weighted by molar-refractivity contribution is 5.99. The third-order valence-electron chi connectivity index (χ3n) is 4.73. The predicted octanol–water partition coefficient (Wildman–Crippen LogP) is 3.71. The van der Waals surface area contributed by atoms with Crippen molar-refractivity contribution >= 4 is 34.9 Å². The van der Waals surface area contributed by atoms with Gasteiger partial charge < -0.3 is 20.3 Å². The largest absolute Gasteiger partial charge is 0.378 e. The third kappa shape index (κ3) is 5.67. The molecule has 1 aliphatic heterocycles. The number of benzene rings is 1. The van der Waals surface area contributed by atoms with Crippen LogP contribution in [0.5, 0.6) is 0 Å². The van der Waals surface area contributed by atoms with E-state index in [0.29, 0.717) is 30.5 Å². The van der Waals surface area contributed by atoms with Gasteiger partial charge in [0.2, 0.25) is 0 Å². The van der Waals surface area contributed by atoms with Crippen LogP contribution < -0.4 is 20.9 Å². The number of amides is 2. The number of hydrogen-bond donors (Lipinski definition) is 3. The Morgan fingerprint density at radius 2 is 1.68 bits per heavy atom. The van der Waals surface area contributed by atoms with E-state index < -0.39 is 0 Å². The molecule has 1 fully saturated rings. The van der Waals surface area contributed by atoms with E-state index in [2.05, 4.69) is 35.8 Å². The minimum Gasteiger partial charge on any atom is -0.378 e. The van der Waals surface area contributed by atoms with Crippen molar-refractivity contribution < 1.29 is 9.53 Å². The number of hydrogen-bond acceptors (Lipinski definition) is 7. The van der Waals surface area contributed by atoms with Gasteiger partial charge in [-0.05, 0) is 49.7 Å². The smallest absolute Gasteiger partial charge is 0.324 e. The van der Waals surface area contributed by atoms with E-state index in [9.17, 15) is 4.79 Å². The van der Waals surface area contributed by atoms with E-state index in [1.54, 1.807) is 12.3 Å². The first-order valence-electron chi connectivity index (χ1n) is 10.1. The van der Waals surface area contributed by atoms with Gasteiger partial charge in [0, 0.05) is 36.7 Å². The summed E-state index contributed by atoms with van der Waals surface area (Å²) in [5.74, 6) is 2.80. The third-order valence-corrected chi connectivity index (χ3v) is 4.73. The van der Waals surface area contributed by atoms with Crippen LogP contribution in [0.1, 0.15) is 11.4 Å². The van der Waals surface area contributed by atoms with Gasteiger partial charge in [0.15, 0.2) is 0 Å². The molecule has 3 N–H and O–H groups in total. The van der Waals surface area contributed by atoms with Gasteiger partial charge in [0.25, 0.3) is 0 Å². The van der Waals surface area contributed by atoms with Crippen LogP contribution in [0.4, 0.5) is 33.6 Å². The summed E-state index contributed by atoms with van der Waals surface area (Å²) in [6.45, 7) is 6.86. The van der Waals surface area contributed by atoms with Crippen LogP contribution in [0.2, 0.25) is 0 Å². The highest BCUT2D eigenvalue weighted by atomic mass is 16.5. The molecule has 0 atom stereocenters. The standard InChI is InChI=1S/C22H25N7O2/c1-15-3-8-19(23-14-15)28-22(30)27-18-6-4-17(5-7-18)26-20-13-21(25-16(2)24-20)29-9-11-31-12-10-29/h3-8,13-14H,9-12H2,1-2H3,(H,24,25,26)(H2,23,27,28,30). The molecule has 9 nitrogen and oxygen atoms in total. The lowest BCUT2D eigenvalue weighted by molar-refractivity contribution is 0.122. The van der Waals surface area contributed by atoms with Crippen molar-refractivity contribution in [3.63, 3.8) is 0 Å². The molecule has 0 saturated carbocycles. The molecule has 31 heavy (non-hydrogen) atoms. The Hall–Kier alpha value is -3.72. The summed E-state index contributed by atoms with van der Waals surface area (Å²) in [5.41, 5.74) is 2.56. The molecule has 2 amide bonds. The molecule has 0 spiro atoms. The number of carbonyl (C=O) groups excluding carboxylic acids is 1. The Morgan fingerprint density at radius 3 is 2.39 bits per heavy atom. The maximum Gasteiger partial charge on any atom is 0.324 e. The first kappa shape index (κ1) is 20.5. The SMILES string of the molecule is Cc1ccc(NC(=O)Nc2ccc(Nc3cc(N4CCOCC4)nc(C)n3)cc2)nc1. The predicted molar refractivity (Wildman–Crippen MR) is 121 cm³/mol. The average Bonchev–Trinajstić information content (AvgIpc) is 2.77. The van der Waals surface area contributed by atoms with Crippen molar-refractivity contribution in [1.82, 2.24) is 15.0 Å². The first-order valence-corrected chi connectivity index (χ1v) is 10.1. The molecule has 1 aliphatic rings. The number of nitrogens with zero attached hydrogens (tertiary/aromatic N) is 4. The summed E-state index contributed by atoms with van der Waals surface area (Å²) < 4.78 is 5.42. The number of urea groups is 1. The summed E-state index contributed by atoms with van der Waals surface area (Å²) >= 11 is 0. The van der Waals surface area contributed by atoms with Crippen LogP contribution in [0.25, 0.3) is 0 Å². The molecule has 0 unspecified atom stereocenters. The molecular weight excluding hydrogens is 394 g/mol. The van der Waals surface area contributed by atoms with Gasteiger partial charge in [0.05, 0.1) is 13.2 Å². The second-order valence-electron chi connectivity index (χ2n) is 7.26. The van der Waals surface area contributed by atoms with E-state index in [1.165, 1.54) is 0 Å². The van der Waals surface area contributed by atoms with Crippen LogP contribution in [0.15, 0.2) is 48.7 Å². The van der Waals surface area contributed by atoms with Gasteiger partial charge in [-0.3, -0.25) is 5.32 Å². The monoisotopic (exact) mass is 419 g/mol. The zero-order chi connectivity index (χ0) is 21.6. The molecule has 1 aromatic carbocycles. The number of aromatic nitrogens is 3. The Kier molecular flexibility index (Phi) is 6.23. The van der Waals surface area contributed by atoms with E-state index in [-0.39, 0.29) is 6.03 Å². The summed E-state index contributed by atoms with van der Waals surface area (Å²) in [7, 11) is 0. The average molecular weight is 419 g/mol. The van der Waals surface area contributed by atoms with Gasteiger partial charge >= 0.3 is 6.03 Å². The van der Waals surface area contributed by atoms with Crippen LogP contribution in [-0.2, 0) is 4.74 Å². The van der Waals surface area contributed by atoms with Crippen LogP contribution in [0.3, 0.4) is 0 Å². The molecule has 4 rings (SSSR count). The number of morpholine rings is 1. The van der Waals surface area contributed by atoms with Crippen molar-refractivity contribution in [2.45, 2.75) is 13.8 Å². The zero-order valence-corrected chi connectivity index (χ0v) is 17.6. The van der Waals surface area contributed by atoms with Gasteiger partial charge in [-0.2, -0.15) is 0 Å². The molecule has 9 heteroatoms. The van der Waals surface area contributed by atoms with Gasteiger partial charge in [-0.25, -0.2) is 19.7 Å². The lowest BCUT2D eigenvalue weighted by Gasteiger charge is -2.28. The van der Waals surface area contributed by atoms with Crippen molar-refractivity contribution in [3.8, 4) is 0 Å². The molecule has 0 aliphatic carbocycles. The molecule has 0 radical (unpaired) electrons. The molecule has 0 bridgehead atoms. The quantitative estimate of drug-likeness (QED) is 0.579. The van der Waals surface area contributed by atoms with Gasteiger partial charge in [-0.15, -0.1) is 0 Å². The number of carbonyl (C=O) groups is 1. The topological polar surface area (TPSA) is 104 Å². The van der Waals surface area contributed by atoms with Crippen LogP contribution in [-0.4, -0.2) is 47.3 Å². The number of pyridine rings is 1. The number of rotatable bonds is 5. The number of anilines is 5. The minimum atomic E-state index is -0.348. The first-order chi connectivity index (χ1) is 15.0. The molecular formula is C22H25N7O2. The summed E-state index contributed by atoms with van der Waals surface area (Å²) in [6, 6.07) is 12.6. The fraction of sp³-hybridized carbons (Fsp3) is 0.273. The highest BCUT2D eigenvalue weighted by Gasteiger charge is 2.14. The summed E-state index contributed by atoms with van der Waals surface area (Å²) in [6.07, 6.45) is 1.70. The Balaban J connectivity index is 1.37. The number of aryl methyl sites for hydroxylation is 2. The Bertz CT molecular complexity index is 1030. The van der Waals surface area contributed by atoms with Crippen molar-refractivity contribution in [2.75, 3.05) is 47.2 Å². The van der Waals surface area contributed by atoms with E-state index in [1.807, 2.05) is 50.2 Å². The fourth-order valence-electron chi connectivity index (χ4n) is 3.18. The van der Waals surface area contributed by atoms with Crippen molar-refractivity contribution in [2.24, 2.45) is 0 Å². The Labute approximate surface area is 180 Å². The summed E-state index contributed by atoms with van der Waals surface area (Å²) in [4.78, 5) is 27.5.